The predicted molar refractivity (Wildman–Crippen MR) is 109 cm³/mol. The summed E-state index contributed by atoms with van der Waals surface area (Å²) in [6.07, 6.45) is 1.47. The van der Waals surface area contributed by atoms with Crippen LogP contribution in [-0.2, 0) is 15.4 Å². The summed E-state index contributed by atoms with van der Waals surface area (Å²) in [7, 11) is -3.43. The van der Waals surface area contributed by atoms with Crippen molar-refractivity contribution < 1.29 is 8.42 Å². The van der Waals surface area contributed by atoms with Crippen LogP contribution in [0.4, 0.5) is 5.82 Å². The zero-order valence-corrected chi connectivity index (χ0v) is 17.8. The van der Waals surface area contributed by atoms with E-state index in [1.54, 1.807) is 22.0 Å². The largest absolute Gasteiger partial charge is 0.355 e. The third kappa shape index (κ3) is 3.76. The maximum absolute atomic E-state index is 12.4. The van der Waals surface area contributed by atoms with E-state index in [1.165, 1.54) is 11.3 Å². The second-order valence-corrected chi connectivity index (χ2v) is 10.9. The molecule has 3 aromatic rings. The van der Waals surface area contributed by atoms with Crippen LogP contribution >= 0.6 is 11.3 Å². The highest BCUT2D eigenvalue weighted by Crippen LogP contribution is 2.24. The van der Waals surface area contributed by atoms with Crippen molar-refractivity contribution in [1.29, 1.82) is 0 Å². The fourth-order valence-electron chi connectivity index (χ4n) is 3.34. The van der Waals surface area contributed by atoms with Gasteiger partial charge in [-0.25, -0.2) is 13.1 Å². The predicted octanol–water partition coefficient (Wildman–Crippen LogP) is 2.43. The third-order valence-electron chi connectivity index (χ3n) is 4.82. The number of hydrogen-bond acceptors (Lipinski definition) is 7. The van der Waals surface area contributed by atoms with Crippen molar-refractivity contribution >= 4 is 32.8 Å². The van der Waals surface area contributed by atoms with Crippen LogP contribution in [0.1, 0.15) is 39.4 Å². The third-order valence-corrected chi connectivity index (χ3v) is 7.74. The SMILES string of the molecule is CC(C)(C)c1nnc2ccc(N3CCC(NS(=O)(=O)c4cccs4)CC3)nn12. The fraction of sp³-hybridized carbons (Fsp3) is 0.500. The lowest BCUT2D eigenvalue weighted by atomic mass is 9.96. The summed E-state index contributed by atoms with van der Waals surface area (Å²) >= 11 is 1.24. The van der Waals surface area contributed by atoms with Crippen molar-refractivity contribution in [3.05, 3.63) is 35.5 Å². The van der Waals surface area contributed by atoms with Crippen LogP contribution in [0.5, 0.6) is 0 Å². The molecule has 0 bridgehead atoms. The Morgan fingerprint density at radius 2 is 1.89 bits per heavy atom. The topological polar surface area (TPSA) is 92.5 Å². The number of piperidine rings is 1. The Kier molecular flexibility index (Phi) is 4.88. The maximum Gasteiger partial charge on any atom is 0.250 e. The Hall–Kier alpha value is -2.04. The van der Waals surface area contributed by atoms with E-state index in [2.05, 4.69) is 40.6 Å². The molecule has 4 heterocycles. The van der Waals surface area contributed by atoms with E-state index in [0.717, 1.165) is 43.2 Å². The zero-order chi connectivity index (χ0) is 19.9. The highest BCUT2D eigenvalue weighted by Gasteiger charge is 2.27. The van der Waals surface area contributed by atoms with Gasteiger partial charge in [0.25, 0.3) is 0 Å². The molecular weight excluding hydrogens is 396 g/mol. The molecule has 0 saturated carbocycles. The highest BCUT2D eigenvalue weighted by atomic mass is 32.2. The first-order chi connectivity index (χ1) is 13.2. The molecule has 0 aliphatic carbocycles. The van der Waals surface area contributed by atoms with Gasteiger partial charge in [0, 0.05) is 24.5 Å². The van der Waals surface area contributed by atoms with Crippen LogP contribution in [0.15, 0.2) is 33.9 Å². The molecule has 0 radical (unpaired) electrons. The Morgan fingerprint density at radius 3 is 2.54 bits per heavy atom. The first-order valence-electron chi connectivity index (χ1n) is 9.28. The van der Waals surface area contributed by atoms with E-state index in [1.807, 2.05) is 12.1 Å². The standard InChI is InChI=1S/C18H24N6O2S2/c1-18(2,3)17-20-19-14-6-7-15(21-24(14)17)23-10-8-13(9-11-23)22-28(25,26)16-5-4-12-27-16/h4-7,12-13,22H,8-11H2,1-3H3. The molecule has 1 aliphatic heterocycles. The van der Waals surface area contributed by atoms with E-state index in [9.17, 15) is 8.42 Å². The molecule has 10 heteroatoms. The number of rotatable bonds is 4. The Morgan fingerprint density at radius 1 is 1.14 bits per heavy atom. The Bertz CT molecular complexity index is 1060. The van der Waals surface area contributed by atoms with Gasteiger partial charge in [-0.3, -0.25) is 0 Å². The van der Waals surface area contributed by atoms with Gasteiger partial charge in [-0.1, -0.05) is 26.8 Å². The molecule has 0 aromatic carbocycles. The van der Waals surface area contributed by atoms with Crippen molar-refractivity contribution in [3.8, 4) is 0 Å². The van der Waals surface area contributed by atoms with E-state index in [4.69, 9.17) is 5.10 Å². The summed E-state index contributed by atoms with van der Waals surface area (Å²) in [6, 6.07) is 7.20. The first kappa shape index (κ1) is 19.3. The Labute approximate surface area is 168 Å². The van der Waals surface area contributed by atoms with Gasteiger partial charge in [0.05, 0.1) is 0 Å². The molecule has 28 heavy (non-hydrogen) atoms. The summed E-state index contributed by atoms with van der Waals surface area (Å²) in [5.74, 6) is 1.68. The van der Waals surface area contributed by atoms with Crippen LogP contribution in [0, 0.1) is 0 Å². The van der Waals surface area contributed by atoms with Gasteiger partial charge in [0.1, 0.15) is 10.0 Å². The zero-order valence-electron chi connectivity index (χ0n) is 16.2. The lowest BCUT2D eigenvalue weighted by Crippen LogP contribution is -2.44. The van der Waals surface area contributed by atoms with Crippen LogP contribution in [0.3, 0.4) is 0 Å². The number of nitrogens with zero attached hydrogens (tertiary/aromatic N) is 5. The minimum absolute atomic E-state index is 0.0628. The number of thiophene rings is 1. The van der Waals surface area contributed by atoms with E-state index < -0.39 is 10.0 Å². The van der Waals surface area contributed by atoms with Crippen molar-refractivity contribution in [2.24, 2.45) is 0 Å². The number of anilines is 1. The van der Waals surface area contributed by atoms with Gasteiger partial charge in [-0.2, -0.15) is 4.52 Å². The minimum atomic E-state index is -3.43. The molecule has 0 unspecified atom stereocenters. The lowest BCUT2D eigenvalue weighted by Gasteiger charge is -2.32. The van der Waals surface area contributed by atoms with Crippen molar-refractivity contribution in [1.82, 2.24) is 24.5 Å². The van der Waals surface area contributed by atoms with Gasteiger partial charge in [-0.15, -0.1) is 26.6 Å². The number of nitrogens with one attached hydrogen (secondary N) is 1. The molecular formula is C18H24N6O2S2. The van der Waals surface area contributed by atoms with Gasteiger partial charge < -0.3 is 4.90 Å². The Balaban J connectivity index is 1.47. The average Bonchev–Trinajstić information content (AvgIpc) is 3.31. The highest BCUT2D eigenvalue weighted by molar-refractivity contribution is 7.91. The molecule has 3 aromatic heterocycles. The summed E-state index contributed by atoms with van der Waals surface area (Å²) in [5, 5.41) is 15.0. The number of sulfonamides is 1. The number of hydrogen-bond donors (Lipinski definition) is 1. The van der Waals surface area contributed by atoms with Gasteiger partial charge in [0.15, 0.2) is 11.5 Å². The lowest BCUT2D eigenvalue weighted by molar-refractivity contribution is 0.457. The fourth-order valence-corrected chi connectivity index (χ4v) is 5.65. The van der Waals surface area contributed by atoms with Crippen LogP contribution in [-0.4, -0.2) is 47.4 Å². The van der Waals surface area contributed by atoms with E-state index in [-0.39, 0.29) is 11.5 Å². The minimum Gasteiger partial charge on any atom is -0.355 e. The number of aromatic nitrogens is 4. The smallest absolute Gasteiger partial charge is 0.250 e. The number of fused-ring (bicyclic) bond motifs is 1. The second-order valence-electron chi connectivity index (χ2n) is 8.05. The monoisotopic (exact) mass is 420 g/mol. The molecule has 0 atom stereocenters. The maximum atomic E-state index is 12.4. The quantitative estimate of drug-likeness (QED) is 0.697. The molecule has 8 nitrogen and oxygen atoms in total. The normalized spacial score (nSPS) is 16.8. The van der Waals surface area contributed by atoms with E-state index >= 15 is 0 Å². The van der Waals surface area contributed by atoms with Crippen LogP contribution in [0.25, 0.3) is 5.65 Å². The molecule has 150 valence electrons. The van der Waals surface area contributed by atoms with Gasteiger partial charge in [0.2, 0.25) is 10.0 Å². The molecule has 1 saturated heterocycles. The van der Waals surface area contributed by atoms with Crippen LogP contribution < -0.4 is 9.62 Å². The van der Waals surface area contributed by atoms with Crippen molar-refractivity contribution in [2.45, 2.75) is 49.3 Å². The van der Waals surface area contributed by atoms with Crippen LogP contribution in [0.2, 0.25) is 0 Å². The molecule has 0 amide bonds. The second kappa shape index (κ2) is 7.09. The van der Waals surface area contributed by atoms with Crippen molar-refractivity contribution in [2.75, 3.05) is 18.0 Å². The summed E-state index contributed by atoms with van der Waals surface area (Å²) in [6.45, 7) is 7.74. The van der Waals surface area contributed by atoms with E-state index in [0.29, 0.717) is 4.21 Å². The summed E-state index contributed by atoms with van der Waals surface area (Å²) in [4.78, 5) is 2.18. The molecule has 4 rings (SSSR count). The average molecular weight is 421 g/mol. The summed E-state index contributed by atoms with van der Waals surface area (Å²) in [5.41, 5.74) is 0.574. The molecule has 1 aliphatic rings. The summed E-state index contributed by atoms with van der Waals surface area (Å²) < 4.78 is 29.8. The van der Waals surface area contributed by atoms with Gasteiger partial charge in [-0.05, 0) is 36.4 Å². The van der Waals surface area contributed by atoms with Crippen molar-refractivity contribution in [3.63, 3.8) is 0 Å². The van der Waals surface area contributed by atoms with Gasteiger partial charge >= 0.3 is 0 Å². The first-order valence-corrected chi connectivity index (χ1v) is 11.6. The molecule has 0 spiro atoms. The molecule has 1 N–H and O–H groups in total. The molecule has 1 fully saturated rings.